The van der Waals surface area contributed by atoms with Gasteiger partial charge in [0.2, 0.25) is 0 Å². The summed E-state index contributed by atoms with van der Waals surface area (Å²) in [6.45, 7) is 1.92. The Labute approximate surface area is 125 Å². The Bertz CT molecular complexity index is 865. The van der Waals surface area contributed by atoms with Crippen LogP contribution in [0.1, 0.15) is 6.92 Å². The van der Waals surface area contributed by atoms with Crippen molar-refractivity contribution in [2.75, 3.05) is 6.61 Å². The summed E-state index contributed by atoms with van der Waals surface area (Å²) in [5, 5.41) is 2.77. The van der Waals surface area contributed by atoms with Gasteiger partial charge in [0.1, 0.15) is 16.9 Å². The molecule has 0 aliphatic carbocycles. The quantitative estimate of drug-likeness (QED) is 0.806. The SMILES string of the molecule is CCOC(=O)n1[nH]c(=O)c2c(Oc3ccccc3)cccc21. The highest BCUT2D eigenvalue weighted by atomic mass is 16.6. The van der Waals surface area contributed by atoms with E-state index in [0.717, 1.165) is 4.68 Å². The Balaban J connectivity index is 2.10. The molecule has 0 unspecified atom stereocenters. The lowest BCUT2D eigenvalue weighted by Gasteiger charge is -2.07. The minimum atomic E-state index is -0.633. The van der Waals surface area contributed by atoms with Gasteiger partial charge in [-0.25, -0.2) is 4.79 Å². The van der Waals surface area contributed by atoms with E-state index >= 15 is 0 Å². The number of para-hydroxylation sites is 1. The van der Waals surface area contributed by atoms with Crippen LogP contribution >= 0.6 is 0 Å². The van der Waals surface area contributed by atoms with Crippen LogP contribution in [0.25, 0.3) is 10.9 Å². The summed E-state index contributed by atoms with van der Waals surface area (Å²) < 4.78 is 11.7. The molecule has 1 aromatic heterocycles. The van der Waals surface area contributed by atoms with Crippen molar-refractivity contribution in [1.82, 2.24) is 9.78 Å². The predicted molar refractivity (Wildman–Crippen MR) is 81.5 cm³/mol. The zero-order valence-electron chi connectivity index (χ0n) is 11.9. The smallest absolute Gasteiger partial charge is 0.433 e. The van der Waals surface area contributed by atoms with Gasteiger partial charge in [0.25, 0.3) is 5.56 Å². The molecule has 6 nitrogen and oxygen atoms in total. The van der Waals surface area contributed by atoms with Gasteiger partial charge in [-0.2, -0.15) is 4.68 Å². The third-order valence-electron chi connectivity index (χ3n) is 3.11. The topological polar surface area (TPSA) is 73.3 Å². The van der Waals surface area contributed by atoms with Gasteiger partial charge in [0, 0.05) is 0 Å². The van der Waals surface area contributed by atoms with Crippen LogP contribution < -0.4 is 10.3 Å². The van der Waals surface area contributed by atoms with Crippen LogP contribution in [0.2, 0.25) is 0 Å². The molecule has 3 rings (SSSR count). The highest BCUT2D eigenvalue weighted by molar-refractivity contribution is 5.91. The fourth-order valence-corrected chi connectivity index (χ4v) is 2.18. The largest absolute Gasteiger partial charge is 0.456 e. The molecule has 2 aromatic carbocycles. The summed E-state index contributed by atoms with van der Waals surface area (Å²) in [5.74, 6) is 0.992. The Morgan fingerprint density at radius 3 is 2.64 bits per heavy atom. The number of benzene rings is 2. The second-order valence-electron chi connectivity index (χ2n) is 4.54. The van der Waals surface area contributed by atoms with Gasteiger partial charge in [-0.15, -0.1) is 0 Å². The number of H-pyrrole nitrogens is 1. The summed E-state index contributed by atoms with van der Waals surface area (Å²) in [5.41, 5.74) is 0.00599. The van der Waals surface area contributed by atoms with Crippen molar-refractivity contribution in [1.29, 1.82) is 0 Å². The number of hydrogen-bond acceptors (Lipinski definition) is 4. The van der Waals surface area contributed by atoms with Crippen molar-refractivity contribution in [3.63, 3.8) is 0 Å². The summed E-state index contributed by atoms with van der Waals surface area (Å²) in [6, 6.07) is 14.2. The maximum atomic E-state index is 12.2. The maximum Gasteiger partial charge on any atom is 0.433 e. The zero-order chi connectivity index (χ0) is 15.5. The fourth-order valence-electron chi connectivity index (χ4n) is 2.18. The molecule has 0 fully saturated rings. The van der Waals surface area contributed by atoms with Gasteiger partial charge in [-0.05, 0) is 31.2 Å². The lowest BCUT2D eigenvalue weighted by molar-refractivity contribution is 0.151. The number of rotatable bonds is 3. The van der Waals surface area contributed by atoms with E-state index in [4.69, 9.17) is 9.47 Å². The monoisotopic (exact) mass is 298 g/mol. The Kier molecular flexibility index (Phi) is 3.65. The van der Waals surface area contributed by atoms with Crippen molar-refractivity contribution in [2.45, 2.75) is 6.92 Å². The van der Waals surface area contributed by atoms with E-state index in [-0.39, 0.29) is 6.61 Å². The summed E-state index contributed by atoms with van der Waals surface area (Å²) in [7, 11) is 0. The normalized spacial score (nSPS) is 10.6. The summed E-state index contributed by atoms with van der Waals surface area (Å²) in [4.78, 5) is 24.0. The number of nitrogens with one attached hydrogen (secondary N) is 1. The average Bonchev–Trinajstić information content (AvgIpc) is 2.87. The first-order chi connectivity index (χ1) is 10.7. The van der Waals surface area contributed by atoms with Crippen LogP contribution in [-0.2, 0) is 4.74 Å². The molecular formula is C16H14N2O4. The Morgan fingerprint density at radius 2 is 1.91 bits per heavy atom. The molecule has 1 heterocycles. The number of fused-ring (bicyclic) bond motifs is 1. The van der Waals surface area contributed by atoms with Crippen LogP contribution in [0, 0.1) is 0 Å². The van der Waals surface area contributed by atoms with Crippen LogP contribution in [0.5, 0.6) is 11.5 Å². The van der Waals surface area contributed by atoms with Gasteiger partial charge in [0.15, 0.2) is 0 Å². The first kappa shape index (κ1) is 13.9. The summed E-state index contributed by atoms with van der Waals surface area (Å²) >= 11 is 0. The minimum Gasteiger partial charge on any atom is -0.456 e. The Morgan fingerprint density at radius 1 is 1.14 bits per heavy atom. The van der Waals surface area contributed by atoms with E-state index in [1.54, 1.807) is 37.3 Å². The summed E-state index contributed by atoms with van der Waals surface area (Å²) in [6.07, 6.45) is -0.633. The molecule has 112 valence electrons. The van der Waals surface area contributed by atoms with E-state index in [2.05, 4.69) is 5.10 Å². The standard InChI is InChI=1S/C16H14N2O4/c1-2-21-16(20)18-12-9-6-10-13(14(12)15(19)17-18)22-11-7-4-3-5-8-11/h3-10H,2H2,1H3,(H,17,19). The molecule has 6 heteroatoms. The number of aromatic amines is 1. The molecule has 3 aromatic rings. The third-order valence-corrected chi connectivity index (χ3v) is 3.11. The number of carbonyl (C=O) groups is 1. The van der Waals surface area contributed by atoms with Gasteiger partial charge in [-0.1, -0.05) is 24.3 Å². The molecule has 0 bridgehead atoms. The number of carbonyl (C=O) groups excluding carboxylic acids is 1. The molecule has 0 amide bonds. The van der Waals surface area contributed by atoms with Gasteiger partial charge < -0.3 is 9.47 Å². The van der Waals surface area contributed by atoms with Crippen LogP contribution in [0.4, 0.5) is 4.79 Å². The van der Waals surface area contributed by atoms with Crippen molar-refractivity contribution in [2.24, 2.45) is 0 Å². The van der Waals surface area contributed by atoms with Gasteiger partial charge in [-0.3, -0.25) is 9.89 Å². The second kappa shape index (κ2) is 5.77. The van der Waals surface area contributed by atoms with Crippen molar-refractivity contribution in [3.8, 4) is 11.5 Å². The minimum absolute atomic E-state index is 0.223. The molecular weight excluding hydrogens is 284 g/mol. The van der Waals surface area contributed by atoms with Crippen molar-refractivity contribution >= 4 is 17.0 Å². The third kappa shape index (κ3) is 2.46. The molecule has 0 saturated heterocycles. The lowest BCUT2D eigenvalue weighted by Crippen LogP contribution is -2.17. The van der Waals surface area contributed by atoms with E-state index in [0.29, 0.717) is 22.4 Å². The first-order valence-electron chi connectivity index (χ1n) is 6.84. The molecule has 1 N–H and O–H groups in total. The van der Waals surface area contributed by atoms with Crippen LogP contribution in [-0.4, -0.2) is 22.5 Å². The van der Waals surface area contributed by atoms with Gasteiger partial charge in [0.05, 0.1) is 12.1 Å². The number of aromatic nitrogens is 2. The van der Waals surface area contributed by atoms with E-state index in [1.807, 2.05) is 18.2 Å². The predicted octanol–water partition coefficient (Wildman–Crippen LogP) is 3.13. The van der Waals surface area contributed by atoms with Crippen molar-refractivity contribution in [3.05, 3.63) is 58.9 Å². The molecule has 0 atom stereocenters. The zero-order valence-corrected chi connectivity index (χ0v) is 11.9. The molecule has 22 heavy (non-hydrogen) atoms. The molecule has 0 saturated carbocycles. The van der Waals surface area contributed by atoms with Crippen LogP contribution in [0.3, 0.4) is 0 Å². The molecule has 0 aliphatic rings. The van der Waals surface area contributed by atoms with Gasteiger partial charge >= 0.3 is 6.09 Å². The first-order valence-corrected chi connectivity index (χ1v) is 6.84. The second-order valence-corrected chi connectivity index (χ2v) is 4.54. The van der Waals surface area contributed by atoms with Crippen molar-refractivity contribution < 1.29 is 14.3 Å². The molecule has 0 aliphatic heterocycles. The average molecular weight is 298 g/mol. The highest BCUT2D eigenvalue weighted by Gasteiger charge is 2.17. The molecule has 0 spiro atoms. The van der Waals surface area contributed by atoms with E-state index < -0.39 is 11.7 Å². The fraction of sp³-hybridized carbons (Fsp3) is 0.125. The number of nitrogens with zero attached hydrogens (tertiary/aromatic N) is 1. The highest BCUT2D eigenvalue weighted by Crippen LogP contribution is 2.27. The van der Waals surface area contributed by atoms with Crippen LogP contribution in [0.15, 0.2) is 53.3 Å². The molecule has 0 radical (unpaired) electrons. The number of ether oxygens (including phenoxy) is 2. The Hall–Kier alpha value is -3.02. The maximum absolute atomic E-state index is 12.2. The van der Waals surface area contributed by atoms with E-state index in [9.17, 15) is 9.59 Å². The van der Waals surface area contributed by atoms with E-state index in [1.165, 1.54) is 0 Å². The number of hydrogen-bond donors (Lipinski definition) is 1. The lowest BCUT2D eigenvalue weighted by atomic mass is 10.2.